The van der Waals surface area contributed by atoms with E-state index in [2.05, 4.69) is 6.07 Å². The Morgan fingerprint density at radius 2 is 2.25 bits per heavy atom. The second kappa shape index (κ2) is 4.12. The molecular formula is C10H13O2. The van der Waals surface area contributed by atoms with Gasteiger partial charge in [0, 0.05) is 0 Å². The summed E-state index contributed by atoms with van der Waals surface area (Å²) in [5, 5.41) is 8.57. The fraction of sp³-hybridized carbons (Fsp3) is 0.400. The minimum absolute atomic E-state index is 0.0494. The van der Waals surface area contributed by atoms with E-state index in [1.165, 1.54) is 0 Å². The molecule has 0 unspecified atom stereocenters. The van der Waals surface area contributed by atoms with Crippen molar-refractivity contribution >= 4 is 0 Å². The van der Waals surface area contributed by atoms with Crippen molar-refractivity contribution in [2.45, 2.75) is 13.8 Å². The Morgan fingerprint density at radius 3 is 2.83 bits per heavy atom. The molecule has 2 heteroatoms. The molecule has 65 valence electrons. The first-order valence-corrected chi connectivity index (χ1v) is 3.97. The molecule has 1 aromatic carbocycles. The number of aryl methyl sites for hydroxylation is 2. The van der Waals surface area contributed by atoms with E-state index in [1.54, 1.807) is 0 Å². The van der Waals surface area contributed by atoms with E-state index in [9.17, 15) is 0 Å². The van der Waals surface area contributed by atoms with Crippen molar-refractivity contribution in [2.75, 3.05) is 13.2 Å². The highest BCUT2D eigenvalue weighted by molar-refractivity contribution is 5.38. The molecular weight excluding hydrogens is 152 g/mol. The monoisotopic (exact) mass is 165 g/mol. The smallest absolute Gasteiger partial charge is 0.125 e. The third kappa shape index (κ3) is 1.98. The van der Waals surface area contributed by atoms with Gasteiger partial charge in [-0.05, 0) is 31.0 Å². The Labute approximate surface area is 72.8 Å². The molecule has 0 spiro atoms. The highest BCUT2D eigenvalue weighted by Gasteiger charge is 2.01. The summed E-state index contributed by atoms with van der Waals surface area (Å²) in [6.45, 7) is 4.32. The molecule has 12 heavy (non-hydrogen) atoms. The van der Waals surface area contributed by atoms with Gasteiger partial charge in [0.25, 0.3) is 0 Å². The summed E-state index contributed by atoms with van der Waals surface area (Å²) < 4.78 is 5.34. The Balaban J connectivity index is 2.81. The van der Waals surface area contributed by atoms with Crippen LogP contribution in [-0.2, 0) is 0 Å². The van der Waals surface area contributed by atoms with Gasteiger partial charge < -0.3 is 9.84 Å². The summed E-state index contributed by atoms with van der Waals surface area (Å²) in [6, 6.07) is 6.86. The van der Waals surface area contributed by atoms with Gasteiger partial charge in [-0.15, -0.1) is 0 Å². The number of hydrogen-bond donors (Lipinski definition) is 1. The second-order valence-corrected chi connectivity index (χ2v) is 2.69. The van der Waals surface area contributed by atoms with Crippen LogP contribution in [0.2, 0.25) is 0 Å². The van der Waals surface area contributed by atoms with Crippen LogP contribution in [0.25, 0.3) is 0 Å². The molecule has 1 rings (SSSR count). The van der Waals surface area contributed by atoms with Crippen LogP contribution in [0.5, 0.6) is 5.75 Å². The van der Waals surface area contributed by atoms with Crippen LogP contribution in [0, 0.1) is 19.9 Å². The van der Waals surface area contributed by atoms with Crippen LogP contribution in [0.3, 0.4) is 0 Å². The molecule has 0 atom stereocenters. The van der Waals surface area contributed by atoms with Crippen molar-refractivity contribution in [3.63, 3.8) is 0 Å². The van der Waals surface area contributed by atoms with Gasteiger partial charge in [-0.1, -0.05) is 12.1 Å². The Morgan fingerprint density at radius 1 is 1.50 bits per heavy atom. The van der Waals surface area contributed by atoms with Gasteiger partial charge in [0.15, 0.2) is 0 Å². The lowest BCUT2D eigenvalue weighted by molar-refractivity contribution is 0.200. The number of aliphatic hydroxyl groups excluding tert-OH is 1. The highest BCUT2D eigenvalue weighted by atomic mass is 16.5. The maximum Gasteiger partial charge on any atom is 0.125 e. The summed E-state index contributed by atoms with van der Waals surface area (Å²) in [7, 11) is 0. The molecule has 1 aromatic rings. The summed E-state index contributed by atoms with van der Waals surface area (Å²) in [6.07, 6.45) is 0. The van der Waals surface area contributed by atoms with Crippen molar-refractivity contribution in [1.29, 1.82) is 0 Å². The largest absolute Gasteiger partial charge is 0.491 e. The van der Waals surface area contributed by atoms with Gasteiger partial charge in [0.05, 0.1) is 6.61 Å². The maximum absolute atomic E-state index is 8.57. The lowest BCUT2D eigenvalue weighted by Gasteiger charge is -2.09. The summed E-state index contributed by atoms with van der Waals surface area (Å²) in [4.78, 5) is 0. The number of rotatable bonds is 3. The van der Waals surface area contributed by atoms with E-state index >= 15 is 0 Å². The fourth-order valence-electron chi connectivity index (χ4n) is 1.10. The first-order valence-electron chi connectivity index (χ1n) is 3.97. The van der Waals surface area contributed by atoms with Gasteiger partial charge in [0.1, 0.15) is 12.4 Å². The van der Waals surface area contributed by atoms with Gasteiger partial charge in [0.2, 0.25) is 0 Å². The summed E-state index contributed by atoms with van der Waals surface area (Å²) in [5.74, 6) is 0.839. The molecule has 0 aliphatic carbocycles. The number of aliphatic hydroxyl groups is 1. The van der Waals surface area contributed by atoms with E-state index < -0.39 is 0 Å². The average Bonchev–Trinajstić information content (AvgIpc) is 2.04. The SMILES string of the molecule is Cc1[c]ccc(C)c1OCCO. The molecule has 0 saturated carbocycles. The zero-order chi connectivity index (χ0) is 8.97. The molecule has 0 aliphatic rings. The number of hydrogen-bond acceptors (Lipinski definition) is 2. The van der Waals surface area contributed by atoms with E-state index in [4.69, 9.17) is 9.84 Å². The van der Waals surface area contributed by atoms with E-state index in [-0.39, 0.29) is 6.61 Å². The van der Waals surface area contributed by atoms with Crippen molar-refractivity contribution in [1.82, 2.24) is 0 Å². The Hall–Kier alpha value is -1.02. The second-order valence-electron chi connectivity index (χ2n) is 2.69. The van der Waals surface area contributed by atoms with Crippen LogP contribution in [-0.4, -0.2) is 18.3 Å². The van der Waals surface area contributed by atoms with E-state index in [0.717, 1.165) is 16.9 Å². The molecule has 1 N–H and O–H groups in total. The highest BCUT2D eigenvalue weighted by Crippen LogP contribution is 2.21. The van der Waals surface area contributed by atoms with Crippen molar-refractivity contribution in [3.05, 3.63) is 29.3 Å². The fourth-order valence-corrected chi connectivity index (χ4v) is 1.10. The van der Waals surface area contributed by atoms with E-state index in [1.807, 2.05) is 26.0 Å². The topological polar surface area (TPSA) is 29.5 Å². The standard InChI is InChI=1S/C10H13O2/c1-8-4-3-5-9(2)10(8)12-7-6-11/h3-4,11H,6-7H2,1-2H3. The Kier molecular flexibility index (Phi) is 3.11. The van der Waals surface area contributed by atoms with Crippen LogP contribution in [0.4, 0.5) is 0 Å². The summed E-state index contributed by atoms with van der Waals surface area (Å²) >= 11 is 0. The van der Waals surface area contributed by atoms with E-state index in [0.29, 0.717) is 6.61 Å². The lowest BCUT2D eigenvalue weighted by Crippen LogP contribution is -2.03. The third-order valence-corrected chi connectivity index (χ3v) is 1.67. The van der Waals surface area contributed by atoms with Gasteiger partial charge >= 0.3 is 0 Å². The van der Waals surface area contributed by atoms with Crippen molar-refractivity contribution in [3.8, 4) is 5.75 Å². The van der Waals surface area contributed by atoms with Crippen molar-refractivity contribution < 1.29 is 9.84 Å². The normalized spacial score (nSPS) is 9.92. The number of ether oxygens (including phenoxy) is 1. The minimum atomic E-state index is 0.0494. The zero-order valence-corrected chi connectivity index (χ0v) is 7.42. The van der Waals surface area contributed by atoms with Crippen LogP contribution in [0.15, 0.2) is 12.1 Å². The minimum Gasteiger partial charge on any atom is -0.491 e. The molecule has 0 saturated heterocycles. The molecule has 0 aromatic heterocycles. The van der Waals surface area contributed by atoms with Crippen LogP contribution < -0.4 is 4.74 Å². The molecule has 0 heterocycles. The van der Waals surface area contributed by atoms with Crippen LogP contribution >= 0.6 is 0 Å². The zero-order valence-electron chi connectivity index (χ0n) is 7.42. The molecule has 0 aliphatic heterocycles. The van der Waals surface area contributed by atoms with Crippen LogP contribution in [0.1, 0.15) is 11.1 Å². The maximum atomic E-state index is 8.57. The molecule has 1 radical (unpaired) electrons. The summed E-state index contributed by atoms with van der Waals surface area (Å²) in [5.41, 5.74) is 2.07. The molecule has 2 nitrogen and oxygen atoms in total. The molecule has 0 bridgehead atoms. The van der Waals surface area contributed by atoms with Crippen molar-refractivity contribution in [2.24, 2.45) is 0 Å². The lowest BCUT2D eigenvalue weighted by atomic mass is 10.1. The van der Waals surface area contributed by atoms with Gasteiger partial charge in [-0.3, -0.25) is 0 Å². The Bertz CT molecular complexity index is 236. The first-order chi connectivity index (χ1) is 5.75. The first kappa shape index (κ1) is 9.07. The molecule has 0 fully saturated rings. The third-order valence-electron chi connectivity index (χ3n) is 1.67. The predicted octanol–water partition coefficient (Wildman–Crippen LogP) is 1.47. The predicted molar refractivity (Wildman–Crippen MR) is 47.3 cm³/mol. The molecule has 0 amide bonds. The average molecular weight is 165 g/mol. The quantitative estimate of drug-likeness (QED) is 0.735. The van der Waals surface area contributed by atoms with Gasteiger partial charge in [-0.2, -0.15) is 0 Å². The number of benzene rings is 1. The van der Waals surface area contributed by atoms with Gasteiger partial charge in [-0.25, -0.2) is 0 Å².